The van der Waals surface area contributed by atoms with Gasteiger partial charge in [-0.3, -0.25) is 4.79 Å². The number of halogens is 1. The van der Waals surface area contributed by atoms with Gasteiger partial charge in [-0.15, -0.1) is 11.3 Å². The Balaban J connectivity index is 1.66. The van der Waals surface area contributed by atoms with Gasteiger partial charge in [0, 0.05) is 10.9 Å². The molecule has 1 aromatic carbocycles. The minimum Gasteiger partial charge on any atom is -0.481 e. The molecule has 0 radical (unpaired) electrons. The molecule has 0 fully saturated rings. The Morgan fingerprint density at radius 2 is 2.12 bits per heavy atom. The Kier molecular flexibility index (Phi) is 5.45. The highest BCUT2D eigenvalue weighted by Crippen LogP contribution is 2.17. The molecule has 0 unspecified atom stereocenters. The lowest BCUT2D eigenvalue weighted by molar-refractivity contribution is -0.122. The van der Waals surface area contributed by atoms with Crippen LogP contribution in [0.3, 0.4) is 0 Å². The number of aromatic nitrogens is 2. The number of anilines is 1. The molecule has 2 aromatic heterocycles. The van der Waals surface area contributed by atoms with Crippen molar-refractivity contribution in [3.8, 4) is 5.75 Å². The van der Waals surface area contributed by atoms with Crippen molar-refractivity contribution in [3.05, 3.63) is 64.7 Å². The largest absolute Gasteiger partial charge is 0.481 e. The van der Waals surface area contributed by atoms with Gasteiger partial charge in [-0.1, -0.05) is 13.0 Å². The molecule has 0 spiro atoms. The van der Waals surface area contributed by atoms with Crippen LogP contribution in [0.2, 0.25) is 0 Å². The van der Waals surface area contributed by atoms with Crippen molar-refractivity contribution < 1.29 is 13.9 Å². The molecule has 3 rings (SSSR count). The molecule has 0 aliphatic heterocycles. The van der Waals surface area contributed by atoms with Crippen molar-refractivity contribution >= 4 is 23.1 Å². The van der Waals surface area contributed by atoms with E-state index in [0.29, 0.717) is 24.5 Å². The van der Waals surface area contributed by atoms with Crippen molar-refractivity contribution in [2.45, 2.75) is 26.0 Å². The van der Waals surface area contributed by atoms with Crippen LogP contribution in [0.25, 0.3) is 0 Å². The zero-order valence-corrected chi connectivity index (χ0v) is 14.5. The fourth-order valence-corrected chi connectivity index (χ4v) is 3.01. The van der Waals surface area contributed by atoms with Gasteiger partial charge in [0.25, 0.3) is 5.91 Å². The molecular weight excluding hydrogens is 341 g/mol. The number of rotatable bonds is 7. The first-order chi connectivity index (χ1) is 12.2. The number of amides is 1. The molecule has 0 aliphatic rings. The summed E-state index contributed by atoms with van der Waals surface area (Å²) in [4.78, 5) is 13.7. The van der Waals surface area contributed by atoms with E-state index in [-0.39, 0.29) is 11.7 Å². The van der Waals surface area contributed by atoms with E-state index in [0.717, 1.165) is 4.88 Å². The summed E-state index contributed by atoms with van der Waals surface area (Å²) in [6.07, 6.45) is 1.46. The van der Waals surface area contributed by atoms with E-state index in [1.54, 1.807) is 28.3 Å². The minimum absolute atomic E-state index is 0.264. The van der Waals surface area contributed by atoms with Gasteiger partial charge < -0.3 is 10.1 Å². The van der Waals surface area contributed by atoms with Crippen LogP contribution < -0.4 is 10.1 Å². The lowest BCUT2D eigenvalue weighted by Gasteiger charge is -2.17. The SMILES string of the molecule is CC[C@@H](Oc1ccc(F)cc1)C(=O)Nc1ccnn1Cc1cccs1. The summed E-state index contributed by atoms with van der Waals surface area (Å²) < 4.78 is 20.4. The van der Waals surface area contributed by atoms with Gasteiger partial charge in [0.1, 0.15) is 17.4 Å². The number of ether oxygens (including phenoxy) is 1. The second-order valence-corrected chi connectivity index (χ2v) is 6.44. The quantitative estimate of drug-likeness (QED) is 0.695. The number of carbonyl (C=O) groups excluding carboxylic acids is 1. The summed E-state index contributed by atoms with van der Waals surface area (Å²) >= 11 is 1.63. The van der Waals surface area contributed by atoms with Crippen molar-refractivity contribution in [2.24, 2.45) is 0 Å². The highest BCUT2D eigenvalue weighted by Gasteiger charge is 2.20. The van der Waals surface area contributed by atoms with E-state index < -0.39 is 6.10 Å². The summed E-state index contributed by atoms with van der Waals surface area (Å²) in [6.45, 7) is 2.45. The van der Waals surface area contributed by atoms with E-state index >= 15 is 0 Å². The van der Waals surface area contributed by atoms with Gasteiger partial charge >= 0.3 is 0 Å². The van der Waals surface area contributed by atoms with Crippen LogP contribution in [0.4, 0.5) is 10.2 Å². The molecule has 7 heteroatoms. The predicted octanol–water partition coefficient (Wildman–Crippen LogP) is 3.93. The van der Waals surface area contributed by atoms with Crippen LogP contribution in [0.1, 0.15) is 18.2 Å². The Bertz CT molecular complexity index is 815. The average molecular weight is 359 g/mol. The summed E-state index contributed by atoms with van der Waals surface area (Å²) in [5, 5.41) is 9.10. The fraction of sp³-hybridized carbons (Fsp3) is 0.222. The predicted molar refractivity (Wildman–Crippen MR) is 95.4 cm³/mol. The number of hydrogen-bond acceptors (Lipinski definition) is 4. The van der Waals surface area contributed by atoms with Crippen LogP contribution in [0.15, 0.2) is 54.0 Å². The lowest BCUT2D eigenvalue weighted by atomic mass is 10.2. The third-order valence-corrected chi connectivity index (χ3v) is 4.47. The van der Waals surface area contributed by atoms with Gasteiger partial charge in [0.15, 0.2) is 6.10 Å². The zero-order chi connectivity index (χ0) is 17.6. The maximum atomic E-state index is 13.0. The average Bonchev–Trinajstić information content (AvgIpc) is 3.27. The standard InChI is InChI=1S/C18H18FN3O2S/c1-2-16(24-14-7-5-13(19)6-8-14)18(23)21-17-9-10-20-22(17)12-15-4-3-11-25-15/h3-11,16H,2,12H2,1H3,(H,21,23)/t16-/m1/s1. The van der Waals surface area contributed by atoms with Crippen molar-refractivity contribution in [1.29, 1.82) is 0 Å². The minimum atomic E-state index is -0.671. The van der Waals surface area contributed by atoms with Crippen LogP contribution in [0, 0.1) is 5.82 Å². The lowest BCUT2D eigenvalue weighted by Crippen LogP contribution is -2.33. The monoisotopic (exact) mass is 359 g/mol. The van der Waals surface area contributed by atoms with Crippen molar-refractivity contribution in [1.82, 2.24) is 9.78 Å². The summed E-state index contributed by atoms with van der Waals surface area (Å²) in [6, 6.07) is 11.4. The van der Waals surface area contributed by atoms with Crippen molar-refractivity contribution in [2.75, 3.05) is 5.32 Å². The first kappa shape index (κ1) is 17.2. The molecule has 1 amide bonds. The third kappa shape index (κ3) is 4.45. The normalized spacial score (nSPS) is 11.9. The Hall–Kier alpha value is -2.67. The second-order valence-electron chi connectivity index (χ2n) is 5.41. The molecule has 0 bridgehead atoms. The van der Waals surface area contributed by atoms with Gasteiger partial charge in [-0.25, -0.2) is 9.07 Å². The Labute approximate surface area is 149 Å². The molecule has 0 aliphatic carbocycles. The van der Waals surface area contributed by atoms with Crippen molar-refractivity contribution in [3.63, 3.8) is 0 Å². The van der Waals surface area contributed by atoms with E-state index in [1.165, 1.54) is 24.3 Å². The fourth-order valence-electron chi connectivity index (χ4n) is 2.32. The number of nitrogens with one attached hydrogen (secondary N) is 1. The smallest absolute Gasteiger partial charge is 0.266 e. The molecule has 0 saturated heterocycles. The van der Waals surface area contributed by atoms with Gasteiger partial charge in [-0.05, 0) is 42.1 Å². The van der Waals surface area contributed by atoms with E-state index in [9.17, 15) is 9.18 Å². The van der Waals surface area contributed by atoms with Gasteiger partial charge in [0.2, 0.25) is 0 Å². The topological polar surface area (TPSA) is 56.1 Å². The number of hydrogen-bond donors (Lipinski definition) is 1. The van der Waals surface area contributed by atoms with Gasteiger partial charge in [0.05, 0.1) is 12.7 Å². The summed E-state index contributed by atoms with van der Waals surface area (Å²) in [5.74, 6) is 0.456. The molecule has 1 N–H and O–H groups in total. The highest BCUT2D eigenvalue weighted by atomic mass is 32.1. The van der Waals surface area contributed by atoms with E-state index in [1.807, 2.05) is 24.4 Å². The van der Waals surface area contributed by atoms with E-state index in [2.05, 4.69) is 10.4 Å². The Morgan fingerprint density at radius 3 is 2.80 bits per heavy atom. The number of carbonyl (C=O) groups is 1. The van der Waals surface area contributed by atoms with Crippen LogP contribution in [-0.4, -0.2) is 21.8 Å². The van der Waals surface area contributed by atoms with E-state index in [4.69, 9.17) is 4.74 Å². The number of thiophene rings is 1. The highest BCUT2D eigenvalue weighted by molar-refractivity contribution is 7.09. The van der Waals surface area contributed by atoms with Crippen LogP contribution >= 0.6 is 11.3 Å². The second kappa shape index (κ2) is 7.94. The first-order valence-electron chi connectivity index (χ1n) is 7.93. The molecular formula is C18H18FN3O2S. The molecule has 5 nitrogen and oxygen atoms in total. The summed E-state index contributed by atoms with van der Waals surface area (Å²) in [7, 11) is 0. The molecule has 25 heavy (non-hydrogen) atoms. The molecule has 2 heterocycles. The Morgan fingerprint density at radius 1 is 1.32 bits per heavy atom. The van der Waals surface area contributed by atoms with Gasteiger partial charge in [-0.2, -0.15) is 5.10 Å². The molecule has 1 atom stereocenters. The maximum absolute atomic E-state index is 13.0. The van der Waals surface area contributed by atoms with Crippen LogP contribution in [-0.2, 0) is 11.3 Å². The number of nitrogens with zero attached hydrogens (tertiary/aromatic N) is 2. The maximum Gasteiger partial charge on any atom is 0.266 e. The first-order valence-corrected chi connectivity index (χ1v) is 8.81. The molecule has 0 saturated carbocycles. The number of benzene rings is 1. The van der Waals surface area contributed by atoms with Crippen LogP contribution in [0.5, 0.6) is 5.75 Å². The zero-order valence-electron chi connectivity index (χ0n) is 13.7. The summed E-state index contributed by atoms with van der Waals surface area (Å²) in [5.41, 5.74) is 0. The third-order valence-electron chi connectivity index (χ3n) is 3.61. The molecule has 130 valence electrons. The molecule has 3 aromatic rings.